The van der Waals surface area contributed by atoms with Crippen molar-refractivity contribution < 1.29 is 9.59 Å². The van der Waals surface area contributed by atoms with Gasteiger partial charge in [0.15, 0.2) is 0 Å². The molecule has 0 aliphatic rings. The third kappa shape index (κ3) is 5.16. The van der Waals surface area contributed by atoms with Gasteiger partial charge in [-0.25, -0.2) is 0 Å². The number of carbonyl (C=O) groups is 2. The van der Waals surface area contributed by atoms with Gasteiger partial charge >= 0.3 is 0 Å². The third-order valence-corrected chi connectivity index (χ3v) is 3.82. The fraction of sp³-hybridized carbons (Fsp3) is 0.467. The lowest BCUT2D eigenvalue weighted by atomic mass is 10.1. The second-order valence-electron chi connectivity index (χ2n) is 4.96. The Morgan fingerprint density at radius 1 is 1.27 bits per heavy atom. The molecule has 1 atom stereocenters. The van der Waals surface area contributed by atoms with Crippen LogP contribution in [-0.2, 0) is 9.59 Å². The summed E-state index contributed by atoms with van der Waals surface area (Å²) >= 11 is 12.0. The molecule has 22 heavy (non-hydrogen) atoms. The quantitative estimate of drug-likeness (QED) is 0.798. The van der Waals surface area contributed by atoms with Crippen molar-refractivity contribution >= 4 is 40.7 Å². The van der Waals surface area contributed by atoms with Gasteiger partial charge in [-0.3, -0.25) is 9.59 Å². The van der Waals surface area contributed by atoms with Gasteiger partial charge in [0, 0.05) is 19.0 Å². The van der Waals surface area contributed by atoms with Crippen molar-refractivity contribution in [3.05, 3.63) is 28.2 Å². The summed E-state index contributed by atoms with van der Waals surface area (Å²) in [5.74, 6) is -0.597. The number of nitrogens with one attached hydrogen (secondary N) is 2. The van der Waals surface area contributed by atoms with Gasteiger partial charge in [-0.2, -0.15) is 0 Å². The fourth-order valence-electron chi connectivity index (χ4n) is 2.02. The summed E-state index contributed by atoms with van der Waals surface area (Å²) in [7, 11) is 1.78. The van der Waals surface area contributed by atoms with Crippen molar-refractivity contribution in [2.45, 2.75) is 13.8 Å². The van der Waals surface area contributed by atoms with Crippen LogP contribution in [0.4, 0.5) is 5.69 Å². The number of halogens is 2. The molecule has 1 aromatic carbocycles. The number of para-hydroxylation sites is 1. The van der Waals surface area contributed by atoms with Crippen molar-refractivity contribution in [3.8, 4) is 0 Å². The molecule has 5 nitrogen and oxygen atoms in total. The SMILES string of the molecule is CCN(CC(=O)Nc1c(Cl)cccc1Cl)C(=O)C(C)CNC. The molecule has 0 heterocycles. The van der Waals surface area contributed by atoms with Crippen LogP contribution in [0.5, 0.6) is 0 Å². The number of benzene rings is 1. The lowest BCUT2D eigenvalue weighted by Crippen LogP contribution is -2.42. The first-order valence-corrected chi connectivity index (χ1v) is 7.83. The van der Waals surface area contributed by atoms with Crippen molar-refractivity contribution in [2.75, 3.05) is 32.0 Å². The number of likely N-dealkylation sites (N-methyl/N-ethyl adjacent to an activating group) is 1. The Bertz CT molecular complexity index is 517. The van der Waals surface area contributed by atoms with E-state index in [9.17, 15) is 9.59 Å². The lowest BCUT2D eigenvalue weighted by Gasteiger charge is -2.24. The van der Waals surface area contributed by atoms with Crippen molar-refractivity contribution in [1.82, 2.24) is 10.2 Å². The highest BCUT2D eigenvalue weighted by Gasteiger charge is 2.21. The average Bonchev–Trinajstić information content (AvgIpc) is 2.48. The second-order valence-corrected chi connectivity index (χ2v) is 5.77. The van der Waals surface area contributed by atoms with E-state index in [4.69, 9.17) is 23.2 Å². The second kappa shape index (κ2) is 8.98. The Labute approximate surface area is 141 Å². The Morgan fingerprint density at radius 2 is 1.86 bits per heavy atom. The van der Waals surface area contributed by atoms with E-state index in [2.05, 4.69) is 10.6 Å². The number of amides is 2. The minimum Gasteiger partial charge on any atom is -0.333 e. The molecular weight excluding hydrogens is 325 g/mol. The summed E-state index contributed by atoms with van der Waals surface area (Å²) in [5.41, 5.74) is 0.364. The maximum atomic E-state index is 12.2. The van der Waals surface area contributed by atoms with Crippen LogP contribution >= 0.6 is 23.2 Å². The topological polar surface area (TPSA) is 61.4 Å². The van der Waals surface area contributed by atoms with Gasteiger partial charge in [0.2, 0.25) is 11.8 Å². The molecule has 1 aromatic rings. The first-order valence-electron chi connectivity index (χ1n) is 7.07. The summed E-state index contributed by atoms with van der Waals surface area (Å²) in [6.45, 7) is 4.64. The number of nitrogens with zero attached hydrogens (tertiary/aromatic N) is 1. The van der Waals surface area contributed by atoms with Crippen molar-refractivity contribution in [2.24, 2.45) is 5.92 Å². The first kappa shape index (κ1) is 18.7. The zero-order valence-corrected chi connectivity index (χ0v) is 14.5. The molecule has 0 saturated heterocycles. The lowest BCUT2D eigenvalue weighted by molar-refractivity contribution is -0.137. The Morgan fingerprint density at radius 3 is 2.36 bits per heavy atom. The van der Waals surface area contributed by atoms with Gasteiger partial charge in [0.05, 0.1) is 22.3 Å². The molecule has 1 rings (SSSR count). The van der Waals surface area contributed by atoms with Crippen LogP contribution in [0.2, 0.25) is 10.0 Å². The van der Waals surface area contributed by atoms with E-state index in [0.29, 0.717) is 28.8 Å². The van der Waals surface area contributed by atoms with E-state index >= 15 is 0 Å². The van der Waals surface area contributed by atoms with Crippen LogP contribution in [0.25, 0.3) is 0 Å². The Kier molecular flexibility index (Phi) is 7.65. The van der Waals surface area contributed by atoms with Gasteiger partial charge in [0.25, 0.3) is 0 Å². The molecule has 0 aromatic heterocycles. The highest BCUT2D eigenvalue weighted by Crippen LogP contribution is 2.29. The van der Waals surface area contributed by atoms with E-state index in [1.807, 2.05) is 13.8 Å². The normalized spacial score (nSPS) is 11.9. The zero-order valence-electron chi connectivity index (χ0n) is 13.0. The van der Waals surface area contributed by atoms with Crippen LogP contribution in [-0.4, -0.2) is 43.4 Å². The molecule has 2 amide bonds. The van der Waals surface area contributed by atoms with Gasteiger partial charge in [0.1, 0.15) is 0 Å². The van der Waals surface area contributed by atoms with Gasteiger partial charge in [-0.05, 0) is 26.1 Å². The third-order valence-electron chi connectivity index (χ3n) is 3.19. The molecule has 0 radical (unpaired) electrons. The van der Waals surface area contributed by atoms with Crippen LogP contribution in [0.15, 0.2) is 18.2 Å². The van der Waals surface area contributed by atoms with E-state index in [1.165, 1.54) is 4.90 Å². The highest BCUT2D eigenvalue weighted by atomic mass is 35.5. The maximum absolute atomic E-state index is 12.2. The van der Waals surface area contributed by atoms with E-state index < -0.39 is 0 Å². The fourth-order valence-corrected chi connectivity index (χ4v) is 2.51. The molecule has 7 heteroatoms. The number of anilines is 1. The summed E-state index contributed by atoms with van der Waals surface area (Å²) in [6.07, 6.45) is 0. The minimum atomic E-state index is -0.332. The predicted octanol–water partition coefficient (Wildman–Crippen LogP) is 2.64. The van der Waals surface area contributed by atoms with Gasteiger partial charge < -0.3 is 15.5 Å². The Balaban J connectivity index is 2.71. The van der Waals surface area contributed by atoms with Crippen LogP contribution in [0.3, 0.4) is 0 Å². The molecule has 0 fully saturated rings. The maximum Gasteiger partial charge on any atom is 0.244 e. The Hall–Kier alpha value is -1.30. The molecule has 122 valence electrons. The highest BCUT2D eigenvalue weighted by molar-refractivity contribution is 6.39. The zero-order chi connectivity index (χ0) is 16.7. The van der Waals surface area contributed by atoms with Crippen molar-refractivity contribution in [1.29, 1.82) is 0 Å². The van der Waals surface area contributed by atoms with Crippen LogP contribution < -0.4 is 10.6 Å². The standard InChI is InChI=1S/C15H21Cl2N3O2/c1-4-20(15(22)10(2)8-18-3)9-13(21)19-14-11(16)6-5-7-12(14)17/h5-7,10,18H,4,8-9H2,1-3H3,(H,19,21). The minimum absolute atomic E-state index is 0.0368. The molecule has 0 saturated carbocycles. The van der Waals surface area contributed by atoms with Crippen molar-refractivity contribution in [3.63, 3.8) is 0 Å². The van der Waals surface area contributed by atoms with Crippen LogP contribution in [0.1, 0.15) is 13.8 Å². The van der Waals surface area contributed by atoms with Gasteiger partial charge in [-0.15, -0.1) is 0 Å². The largest absolute Gasteiger partial charge is 0.333 e. The molecule has 1 unspecified atom stereocenters. The van der Waals surface area contributed by atoms with Crippen LogP contribution in [0, 0.1) is 5.92 Å². The number of rotatable bonds is 7. The van der Waals surface area contributed by atoms with Gasteiger partial charge in [-0.1, -0.05) is 36.2 Å². The van der Waals surface area contributed by atoms with E-state index in [1.54, 1.807) is 25.2 Å². The summed E-state index contributed by atoms with van der Waals surface area (Å²) < 4.78 is 0. The summed E-state index contributed by atoms with van der Waals surface area (Å²) in [6, 6.07) is 4.98. The number of hydrogen-bond donors (Lipinski definition) is 2. The first-order chi connectivity index (χ1) is 10.4. The molecular formula is C15H21Cl2N3O2. The molecule has 0 spiro atoms. The number of carbonyl (C=O) groups excluding carboxylic acids is 2. The summed E-state index contributed by atoms with van der Waals surface area (Å²) in [5, 5.41) is 6.33. The molecule has 0 aliphatic carbocycles. The van der Waals surface area contributed by atoms with E-state index in [0.717, 1.165) is 0 Å². The van der Waals surface area contributed by atoms with E-state index in [-0.39, 0.29) is 24.3 Å². The summed E-state index contributed by atoms with van der Waals surface area (Å²) in [4.78, 5) is 25.9. The average molecular weight is 346 g/mol. The number of hydrogen-bond acceptors (Lipinski definition) is 3. The monoisotopic (exact) mass is 345 g/mol. The smallest absolute Gasteiger partial charge is 0.244 e. The molecule has 0 bridgehead atoms. The molecule has 2 N–H and O–H groups in total. The predicted molar refractivity (Wildman–Crippen MR) is 90.4 cm³/mol. The molecule has 0 aliphatic heterocycles.